The number of carbonyl (C=O) groups is 4. The van der Waals surface area contributed by atoms with Gasteiger partial charge in [-0.2, -0.15) is 13.2 Å². The van der Waals surface area contributed by atoms with Crippen LogP contribution >= 0.6 is 0 Å². The van der Waals surface area contributed by atoms with E-state index in [4.69, 9.17) is 0 Å². The van der Waals surface area contributed by atoms with Gasteiger partial charge in [-0.05, 0) is 54.7 Å². The molecule has 2 aliphatic rings. The highest BCUT2D eigenvalue weighted by Gasteiger charge is 2.42. The second-order valence-corrected chi connectivity index (χ2v) is 10.4. The number of hydrogen-bond donors (Lipinski definition) is 0. The first-order valence-electron chi connectivity index (χ1n) is 13.5. The predicted molar refractivity (Wildman–Crippen MR) is 156 cm³/mol. The number of methoxy groups -OCH3 is 1. The highest BCUT2D eigenvalue weighted by Crippen LogP contribution is 2.47. The summed E-state index contributed by atoms with van der Waals surface area (Å²) in [6, 6.07) is 18.5. The van der Waals surface area contributed by atoms with Crippen LogP contribution in [0.25, 0.3) is 5.57 Å². The summed E-state index contributed by atoms with van der Waals surface area (Å²) in [5.41, 5.74) is 3.08. The number of fused-ring (bicyclic) bond motifs is 2. The molecule has 0 N–H and O–H groups in total. The van der Waals surface area contributed by atoms with Gasteiger partial charge in [0.05, 0.1) is 23.8 Å². The van der Waals surface area contributed by atoms with Gasteiger partial charge in [0.2, 0.25) is 0 Å². The van der Waals surface area contributed by atoms with Crippen LogP contribution in [-0.2, 0) is 20.7 Å². The van der Waals surface area contributed by atoms with E-state index in [1.165, 1.54) is 13.2 Å². The Kier molecular flexibility index (Phi) is 9.18. The Morgan fingerprint density at radius 1 is 0.977 bits per heavy atom. The molecule has 1 atom stereocenters. The zero-order valence-corrected chi connectivity index (χ0v) is 24.2. The fourth-order valence-corrected chi connectivity index (χ4v) is 5.60. The van der Waals surface area contributed by atoms with Gasteiger partial charge in [0.15, 0.2) is 0 Å². The lowest BCUT2D eigenvalue weighted by atomic mass is 9.86. The van der Waals surface area contributed by atoms with E-state index in [2.05, 4.69) is 4.74 Å². The van der Waals surface area contributed by atoms with Gasteiger partial charge in [-0.15, -0.1) is 0 Å². The van der Waals surface area contributed by atoms with Gasteiger partial charge in [0.25, 0.3) is 11.8 Å². The average Bonchev–Trinajstić information content (AvgIpc) is 3.51. The lowest BCUT2D eigenvalue weighted by Gasteiger charge is -2.24. The summed E-state index contributed by atoms with van der Waals surface area (Å²) >= 11 is 0. The normalized spacial score (nSPS) is 16.1. The Hall–Kier alpha value is -4.73. The number of nitrogens with zero attached hydrogens (tertiary/aromatic N) is 2. The van der Waals surface area contributed by atoms with E-state index in [0.717, 1.165) is 21.6 Å². The number of allylic oxidation sites excluding steroid dienone is 2. The van der Waals surface area contributed by atoms with Crippen molar-refractivity contribution in [2.45, 2.75) is 31.9 Å². The van der Waals surface area contributed by atoms with Crippen LogP contribution in [0.3, 0.4) is 0 Å². The molecule has 3 aromatic rings. The van der Waals surface area contributed by atoms with Crippen LogP contribution in [0.15, 0.2) is 72.3 Å². The molecule has 1 aliphatic heterocycles. The number of carbonyl (C=O) groups excluding carboxylic acids is 4. The van der Waals surface area contributed by atoms with E-state index in [0.29, 0.717) is 35.9 Å². The van der Waals surface area contributed by atoms with E-state index >= 15 is 0 Å². The van der Waals surface area contributed by atoms with Crippen LogP contribution in [0.5, 0.6) is 0 Å². The number of amides is 2. The molecule has 2 amide bonds. The first kappa shape index (κ1) is 31.2. The molecule has 0 fully saturated rings. The number of aryl methyl sites for hydroxylation is 1. The Morgan fingerprint density at radius 2 is 1.58 bits per heavy atom. The summed E-state index contributed by atoms with van der Waals surface area (Å²) in [7, 11) is 4.60. The summed E-state index contributed by atoms with van der Waals surface area (Å²) in [5.74, 6) is -2.06. The summed E-state index contributed by atoms with van der Waals surface area (Å²) in [6.45, 7) is 1.61. The second-order valence-electron chi connectivity index (χ2n) is 10.4. The number of anilines is 1. The van der Waals surface area contributed by atoms with Crippen LogP contribution in [0, 0.1) is 6.92 Å². The maximum atomic E-state index is 14.2. The molecule has 43 heavy (non-hydrogen) atoms. The third-order valence-corrected chi connectivity index (χ3v) is 7.63. The predicted octanol–water partition coefficient (Wildman–Crippen LogP) is 5.76. The molecule has 0 aromatic heterocycles. The zero-order chi connectivity index (χ0) is 31.5. The fraction of sp³-hybridized carbons (Fsp3) is 0.273. The van der Waals surface area contributed by atoms with Crippen molar-refractivity contribution in [1.29, 1.82) is 0 Å². The molecule has 1 aliphatic carbocycles. The molecule has 3 aromatic carbocycles. The molecule has 0 radical (unpaired) electrons. The molecule has 0 bridgehead atoms. The molecule has 7 nitrogen and oxygen atoms in total. The van der Waals surface area contributed by atoms with Gasteiger partial charge < -0.3 is 9.64 Å². The summed E-state index contributed by atoms with van der Waals surface area (Å²) in [6.07, 6.45) is -3.03. The van der Waals surface area contributed by atoms with Crippen molar-refractivity contribution < 1.29 is 37.1 Å². The Morgan fingerprint density at radius 3 is 2.14 bits per heavy atom. The summed E-state index contributed by atoms with van der Waals surface area (Å²) < 4.78 is 46.9. The molecule has 1 unspecified atom stereocenters. The SMILES string of the molecule is COC(=O)CN1C(=O)c2ccccc2C1=O.Cc1cccc2c1CCC2/C(C=O)=C(/c1ccccc1N(C)C)C(F)(F)F. The number of halogens is 3. The number of rotatable bonds is 6. The fourth-order valence-electron chi connectivity index (χ4n) is 5.60. The maximum Gasteiger partial charge on any atom is 0.417 e. The Balaban J connectivity index is 0.000000225. The maximum absolute atomic E-state index is 14.2. The lowest BCUT2D eigenvalue weighted by Crippen LogP contribution is -2.35. The number of para-hydroxylation sites is 1. The standard InChI is InChI=1S/C22H22F3NO.C11H9NO4/c1-14-7-6-9-16-15(14)11-12-17(16)19(13-27)21(22(23,24)25)18-8-4-5-10-20(18)26(2)3;1-16-9(13)6-12-10(14)7-4-2-3-5-8(7)11(12)15/h4-10,13,17H,11-12H2,1-3H3;2-5H,6H2,1H3/b21-19-;. The first-order chi connectivity index (χ1) is 20.4. The number of esters is 1. The number of benzene rings is 3. The largest absolute Gasteiger partial charge is 0.468 e. The number of imide groups is 1. The van der Waals surface area contributed by atoms with Gasteiger partial charge >= 0.3 is 12.1 Å². The lowest BCUT2D eigenvalue weighted by molar-refractivity contribution is -0.140. The monoisotopic (exact) mass is 592 g/mol. The zero-order valence-electron chi connectivity index (χ0n) is 24.2. The summed E-state index contributed by atoms with van der Waals surface area (Å²) in [4.78, 5) is 49.0. The number of alkyl halides is 3. The molecule has 224 valence electrons. The number of hydrogen-bond acceptors (Lipinski definition) is 6. The van der Waals surface area contributed by atoms with Gasteiger partial charge in [0, 0.05) is 36.8 Å². The molecule has 0 saturated carbocycles. The van der Waals surface area contributed by atoms with Gasteiger partial charge in [-0.3, -0.25) is 24.1 Å². The van der Waals surface area contributed by atoms with E-state index in [-0.39, 0.29) is 17.7 Å². The minimum absolute atomic E-state index is 0.0400. The van der Waals surface area contributed by atoms with Crippen LogP contribution in [0.2, 0.25) is 0 Å². The molecule has 1 heterocycles. The third-order valence-electron chi connectivity index (χ3n) is 7.63. The van der Waals surface area contributed by atoms with Crippen molar-refractivity contribution in [2.75, 3.05) is 32.6 Å². The first-order valence-corrected chi connectivity index (χ1v) is 13.5. The molecule has 0 saturated heterocycles. The molecular weight excluding hydrogens is 561 g/mol. The third kappa shape index (κ3) is 6.23. The number of aldehydes is 1. The van der Waals surface area contributed by atoms with Crippen molar-refractivity contribution in [1.82, 2.24) is 4.90 Å². The minimum atomic E-state index is -4.63. The Bertz CT molecular complexity index is 1580. The van der Waals surface area contributed by atoms with Gasteiger partial charge in [-0.1, -0.05) is 48.5 Å². The van der Waals surface area contributed by atoms with Crippen LogP contribution < -0.4 is 4.90 Å². The minimum Gasteiger partial charge on any atom is -0.468 e. The molecule has 5 rings (SSSR count). The quantitative estimate of drug-likeness (QED) is 0.157. The van der Waals surface area contributed by atoms with Crippen LogP contribution in [0.4, 0.5) is 18.9 Å². The summed E-state index contributed by atoms with van der Waals surface area (Å²) in [5, 5.41) is 0. The van der Waals surface area contributed by atoms with Gasteiger partial charge in [-0.25, -0.2) is 0 Å². The second kappa shape index (κ2) is 12.6. The highest BCUT2D eigenvalue weighted by molar-refractivity contribution is 6.22. The van der Waals surface area contributed by atoms with Crippen molar-refractivity contribution in [3.8, 4) is 0 Å². The molecule has 0 spiro atoms. The van der Waals surface area contributed by atoms with E-state index in [1.807, 2.05) is 25.1 Å². The van der Waals surface area contributed by atoms with Crippen molar-refractivity contribution in [2.24, 2.45) is 0 Å². The van der Waals surface area contributed by atoms with E-state index in [1.54, 1.807) is 61.5 Å². The Labute approximate surface area is 247 Å². The van der Waals surface area contributed by atoms with Crippen molar-refractivity contribution in [3.63, 3.8) is 0 Å². The smallest absolute Gasteiger partial charge is 0.417 e. The average molecular weight is 593 g/mol. The molecule has 10 heteroatoms. The van der Waals surface area contributed by atoms with E-state index in [9.17, 15) is 32.3 Å². The topological polar surface area (TPSA) is 84.0 Å². The van der Waals surface area contributed by atoms with Crippen molar-refractivity contribution >= 4 is 35.3 Å². The van der Waals surface area contributed by atoms with Crippen molar-refractivity contribution in [3.05, 3.63) is 106 Å². The highest BCUT2D eigenvalue weighted by atomic mass is 19.4. The van der Waals surface area contributed by atoms with E-state index < -0.39 is 35.5 Å². The molecular formula is C33H31F3N2O5. The number of ether oxygens (including phenoxy) is 1. The van der Waals surface area contributed by atoms with Crippen LogP contribution in [0.1, 0.15) is 55.3 Å². The van der Waals surface area contributed by atoms with Gasteiger partial charge in [0.1, 0.15) is 12.8 Å². The van der Waals surface area contributed by atoms with Crippen LogP contribution in [-0.4, -0.2) is 62.9 Å².